The Labute approximate surface area is 253 Å². The maximum absolute atomic E-state index is 14.9. The van der Waals surface area contributed by atoms with Crippen LogP contribution in [0.4, 0.5) is 35.1 Å². The van der Waals surface area contributed by atoms with Crippen molar-refractivity contribution in [3.8, 4) is 0 Å². The van der Waals surface area contributed by atoms with E-state index in [1.165, 1.54) is 4.90 Å². The highest BCUT2D eigenvalue weighted by Crippen LogP contribution is 2.56. The largest absolute Gasteiger partial charge is 0.459 e. The fourth-order valence-electron chi connectivity index (χ4n) is 6.13. The van der Waals surface area contributed by atoms with Gasteiger partial charge in [-0.2, -0.15) is 26.3 Å². The van der Waals surface area contributed by atoms with Crippen LogP contribution in [0.15, 0.2) is 47.4 Å². The number of carbonyl (C=O) groups is 2. The highest BCUT2D eigenvalue weighted by molar-refractivity contribution is 7.92. The Kier molecular flexibility index (Phi) is 8.85. The smallest absolute Gasteiger partial charge is 0.435 e. The summed E-state index contributed by atoms with van der Waals surface area (Å²) in [5.74, 6) is -2.16. The topological polar surface area (TPSA) is 92.8 Å². The van der Waals surface area contributed by atoms with Crippen LogP contribution in [0.3, 0.4) is 0 Å². The Morgan fingerprint density at radius 2 is 1.58 bits per heavy atom. The number of hydrogen-bond acceptors (Lipinski definition) is 6. The number of amides is 1. The van der Waals surface area contributed by atoms with Gasteiger partial charge in [0.1, 0.15) is 22.7 Å². The summed E-state index contributed by atoms with van der Waals surface area (Å²) < 4.78 is 142. The monoisotopic (exact) mass is 670 g/mol. The summed E-state index contributed by atoms with van der Waals surface area (Å²) in [7, 11) is -4.56. The molecular formula is C29H30F8N2O5S. The van der Waals surface area contributed by atoms with E-state index in [2.05, 4.69) is 5.32 Å². The summed E-state index contributed by atoms with van der Waals surface area (Å²) in [5.41, 5.74) is -8.66. The molecule has 2 aliphatic rings. The molecule has 1 aliphatic carbocycles. The number of halogens is 8. The molecule has 0 bridgehead atoms. The molecule has 0 aromatic heterocycles. The summed E-state index contributed by atoms with van der Waals surface area (Å²) in [6.45, 7) is 3.94. The maximum atomic E-state index is 14.9. The molecule has 1 fully saturated rings. The summed E-state index contributed by atoms with van der Waals surface area (Å²) in [5, 5.41) is 2.39. The van der Waals surface area contributed by atoms with Crippen molar-refractivity contribution in [1.82, 2.24) is 10.2 Å². The van der Waals surface area contributed by atoms with Crippen LogP contribution in [0.2, 0.25) is 0 Å². The van der Waals surface area contributed by atoms with Gasteiger partial charge in [-0.05, 0) is 75.4 Å². The fourth-order valence-corrected chi connectivity index (χ4v) is 8.51. The van der Waals surface area contributed by atoms with Gasteiger partial charge in [0.2, 0.25) is 5.91 Å². The Morgan fingerprint density at radius 1 is 0.978 bits per heavy atom. The minimum atomic E-state index is -6.37. The number of alkyl halides is 7. The van der Waals surface area contributed by atoms with Crippen molar-refractivity contribution < 1.29 is 57.9 Å². The van der Waals surface area contributed by atoms with E-state index in [0.29, 0.717) is 6.07 Å². The molecule has 1 saturated heterocycles. The number of fused-ring (bicyclic) bond motifs is 3. The van der Waals surface area contributed by atoms with Crippen LogP contribution >= 0.6 is 0 Å². The number of rotatable bonds is 7. The van der Waals surface area contributed by atoms with Crippen LogP contribution in [-0.2, 0) is 41.0 Å². The van der Waals surface area contributed by atoms with Crippen LogP contribution in [0.25, 0.3) is 0 Å². The fraction of sp³-hybridized carbons (Fsp3) is 0.517. The van der Waals surface area contributed by atoms with Crippen molar-refractivity contribution in [2.45, 2.75) is 79.3 Å². The molecule has 16 heteroatoms. The molecular weight excluding hydrogens is 640 g/mol. The second-order valence-corrected chi connectivity index (χ2v) is 14.2. The summed E-state index contributed by atoms with van der Waals surface area (Å²) >= 11 is 0. The van der Waals surface area contributed by atoms with Gasteiger partial charge in [-0.1, -0.05) is 18.2 Å². The van der Waals surface area contributed by atoms with Crippen molar-refractivity contribution >= 4 is 21.7 Å². The van der Waals surface area contributed by atoms with Crippen LogP contribution in [-0.4, -0.2) is 68.8 Å². The molecule has 1 amide bonds. The first-order valence-electron chi connectivity index (χ1n) is 13.7. The van der Waals surface area contributed by atoms with Gasteiger partial charge < -0.3 is 10.1 Å². The van der Waals surface area contributed by atoms with Gasteiger partial charge in [-0.15, -0.1) is 0 Å². The number of nitrogens with one attached hydrogen (secondary N) is 1. The lowest BCUT2D eigenvalue weighted by Gasteiger charge is -2.43. The van der Waals surface area contributed by atoms with Gasteiger partial charge in [0.05, 0.1) is 11.4 Å². The molecule has 0 unspecified atom stereocenters. The molecule has 2 aromatic rings. The molecule has 1 N–H and O–H groups in total. The lowest BCUT2D eigenvalue weighted by molar-refractivity contribution is -0.348. The summed E-state index contributed by atoms with van der Waals surface area (Å²) in [6, 6.07) is 4.14. The molecule has 2 atom stereocenters. The summed E-state index contributed by atoms with van der Waals surface area (Å²) in [6.07, 6.45) is -13.4. The maximum Gasteiger partial charge on any atom is 0.435 e. The quantitative estimate of drug-likeness (QED) is 0.246. The van der Waals surface area contributed by atoms with Gasteiger partial charge in [0.25, 0.3) is 0 Å². The first-order valence-corrected chi connectivity index (χ1v) is 15.2. The molecule has 0 saturated carbocycles. The minimum absolute atomic E-state index is 0.0513. The van der Waals surface area contributed by atoms with E-state index in [9.17, 15) is 53.1 Å². The number of nitrogens with zero attached hydrogens (tertiary/aromatic N) is 1. The zero-order valence-electron chi connectivity index (χ0n) is 24.3. The predicted molar refractivity (Wildman–Crippen MR) is 144 cm³/mol. The highest BCUT2D eigenvalue weighted by Gasteiger charge is 2.73. The molecule has 1 aliphatic heterocycles. The molecule has 4 rings (SSSR count). The predicted octanol–water partition coefficient (Wildman–Crippen LogP) is 5.26. The third-order valence-corrected chi connectivity index (χ3v) is 10.5. The Hall–Kier alpha value is -3.27. The number of esters is 1. The highest BCUT2D eigenvalue weighted by atomic mass is 32.2. The van der Waals surface area contributed by atoms with Crippen molar-refractivity contribution in [2.75, 3.05) is 19.6 Å². The number of sulfone groups is 1. The average Bonchev–Trinajstić information content (AvgIpc) is 3.29. The third-order valence-electron chi connectivity index (χ3n) is 7.98. The molecule has 0 radical (unpaired) electrons. The molecule has 7 nitrogen and oxygen atoms in total. The SMILES string of the molecule is CC(C)(C)OC(=O)CNC(=O)CN1CC[C@@]2(S(=O)(=O)c3ccc(F)cc3)c3ccc(C(F)(C(F)(F)F)C(F)(F)F)cc3CC[C@@H]12. The van der Waals surface area contributed by atoms with Crippen LogP contribution < -0.4 is 5.32 Å². The lowest BCUT2D eigenvalue weighted by Crippen LogP contribution is -2.53. The lowest BCUT2D eigenvalue weighted by atomic mass is 9.77. The van der Waals surface area contributed by atoms with Crippen molar-refractivity contribution in [1.29, 1.82) is 0 Å². The first kappa shape index (κ1) is 34.6. The van der Waals surface area contributed by atoms with Crippen LogP contribution in [0.1, 0.15) is 50.3 Å². The van der Waals surface area contributed by atoms with E-state index in [0.717, 1.165) is 30.3 Å². The zero-order valence-corrected chi connectivity index (χ0v) is 25.1. The van der Waals surface area contributed by atoms with E-state index >= 15 is 0 Å². The van der Waals surface area contributed by atoms with E-state index in [1.807, 2.05) is 0 Å². The third kappa shape index (κ3) is 6.14. The number of benzene rings is 2. The number of hydrogen-bond donors (Lipinski definition) is 1. The number of ether oxygens (including phenoxy) is 1. The van der Waals surface area contributed by atoms with Crippen LogP contribution in [0, 0.1) is 5.82 Å². The first-order chi connectivity index (χ1) is 20.5. The average molecular weight is 671 g/mol. The standard InChI is InChI=1S/C29H30F8N2O5S/c1-25(2,3)44-24(41)15-38-23(40)16-39-13-12-26(45(42,43)20-8-6-19(30)7-9-20)21-10-5-18(14-17(21)4-11-22(26)39)27(31,28(32,33)34)29(35,36)37/h5-10,14,22H,4,11-13,15-16H2,1-3H3,(H,38,40)/t22-,26-/m1/s1. The van der Waals surface area contributed by atoms with E-state index in [-0.39, 0.29) is 47.9 Å². The van der Waals surface area contributed by atoms with Gasteiger partial charge >= 0.3 is 24.0 Å². The van der Waals surface area contributed by atoms with Gasteiger partial charge in [-0.3, -0.25) is 14.5 Å². The van der Waals surface area contributed by atoms with E-state index < -0.39 is 80.6 Å². The number of aryl methyl sites for hydroxylation is 1. The molecule has 45 heavy (non-hydrogen) atoms. The summed E-state index contributed by atoms with van der Waals surface area (Å²) in [4.78, 5) is 25.9. The van der Waals surface area contributed by atoms with E-state index in [1.54, 1.807) is 20.8 Å². The molecule has 2 aromatic carbocycles. The van der Waals surface area contributed by atoms with Crippen molar-refractivity contribution in [3.05, 3.63) is 65.0 Å². The Balaban J connectivity index is 1.76. The van der Waals surface area contributed by atoms with Crippen molar-refractivity contribution in [2.24, 2.45) is 0 Å². The molecule has 1 heterocycles. The normalized spacial score (nSPS) is 21.2. The molecule has 248 valence electrons. The molecule has 0 spiro atoms. The second-order valence-electron chi connectivity index (χ2n) is 12.0. The number of carbonyl (C=O) groups excluding carboxylic acids is 2. The second kappa shape index (κ2) is 11.5. The Bertz CT molecular complexity index is 1550. The van der Waals surface area contributed by atoms with Crippen LogP contribution in [0.5, 0.6) is 0 Å². The number of likely N-dealkylation sites (tertiary alicyclic amines) is 1. The van der Waals surface area contributed by atoms with Gasteiger partial charge in [-0.25, -0.2) is 17.2 Å². The zero-order chi connectivity index (χ0) is 33.8. The minimum Gasteiger partial charge on any atom is -0.459 e. The van der Waals surface area contributed by atoms with E-state index in [4.69, 9.17) is 4.74 Å². The van der Waals surface area contributed by atoms with Gasteiger partial charge in [0, 0.05) is 18.2 Å². The van der Waals surface area contributed by atoms with Crippen molar-refractivity contribution in [3.63, 3.8) is 0 Å². The van der Waals surface area contributed by atoms with Gasteiger partial charge in [0.15, 0.2) is 9.84 Å². The Morgan fingerprint density at radius 3 is 2.13 bits per heavy atom.